The number of rotatable bonds is 9. The first kappa shape index (κ1) is 26.2. The zero-order valence-corrected chi connectivity index (χ0v) is 20.3. The number of carbonyl (C=O) groups is 3. The van der Waals surface area contributed by atoms with Gasteiger partial charge in [-0.3, -0.25) is 14.6 Å². The van der Waals surface area contributed by atoms with Crippen LogP contribution in [0, 0.1) is 17.2 Å². The molecule has 2 aromatic rings. The number of benzene rings is 1. The molecule has 36 heavy (non-hydrogen) atoms. The van der Waals surface area contributed by atoms with Crippen LogP contribution in [-0.2, 0) is 19.1 Å². The Morgan fingerprint density at radius 1 is 1.19 bits per heavy atom. The first-order valence-corrected chi connectivity index (χ1v) is 11.6. The number of nitriles is 1. The maximum Gasteiger partial charge on any atom is 0.354 e. The van der Waals surface area contributed by atoms with E-state index in [1.54, 1.807) is 24.5 Å². The molecular formula is C26H29N5O5. The summed E-state index contributed by atoms with van der Waals surface area (Å²) in [5.41, 5.74) is 1.88. The minimum absolute atomic E-state index is 0.0162. The summed E-state index contributed by atoms with van der Waals surface area (Å²) < 4.78 is 10.5. The van der Waals surface area contributed by atoms with Gasteiger partial charge in [-0.05, 0) is 49.2 Å². The summed E-state index contributed by atoms with van der Waals surface area (Å²) >= 11 is 0. The van der Waals surface area contributed by atoms with E-state index in [4.69, 9.17) is 9.47 Å². The number of piperidine rings is 1. The van der Waals surface area contributed by atoms with Crippen LogP contribution in [0.15, 0.2) is 48.4 Å². The highest BCUT2D eigenvalue weighted by Gasteiger charge is 2.25. The predicted molar refractivity (Wildman–Crippen MR) is 133 cm³/mol. The maximum atomic E-state index is 12.6. The maximum absolute atomic E-state index is 12.6. The Kier molecular flexibility index (Phi) is 9.40. The van der Waals surface area contributed by atoms with E-state index in [-0.39, 0.29) is 30.7 Å². The summed E-state index contributed by atoms with van der Waals surface area (Å²) in [6.07, 6.45) is 6.45. The fourth-order valence-corrected chi connectivity index (χ4v) is 3.88. The lowest BCUT2D eigenvalue weighted by atomic mass is 9.95. The summed E-state index contributed by atoms with van der Waals surface area (Å²) in [7, 11) is 1.21. The van der Waals surface area contributed by atoms with Crippen molar-refractivity contribution in [1.29, 1.82) is 5.26 Å². The number of methoxy groups -OCH3 is 1. The number of hydrogen-bond donors (Lipinski definition) is 2. The average Bonchev–Trinajstić information content (AvgIpc) is 2.91. The molecule has 0 atom stereocenters. The van der Waals surface area contributed by atoms with Gasteiger partial charge >= 0.3 is 5.97 Å². The van der Waals surface area contributed by atoms with Crippen molar-refractivity contribution in [3.63, 3.8) is 0 Å². The number of aromatic nitrogens is 1. The highest BCUT2D eigenvalue weighted by atomic mass is 16.5. The Bertz CT molecular complexity index is 1150. The lowest BCUT2D eigenvalue weighted by Gasteiger charge is -2.32. The zero-order chi connectivity index (χ0) is 25.9. The van der Waals surface area contributed by atoms with E-state index in [9.17, 15) is 19.6 Å². The molecule has 1 aromatic heterocycles. The van der Waals surface area contributed by atoms with Crippen LogP contribution in [0.5, 0.6) is 5.75 Å². The van der Waals surface area contributed by atoms with Crippen molar-refractivity contribution in [2.45, 2.75) is 19.8 Å². The molecule has 0 spiro atoms. The van der Waals surface area contributed by atoms with Crippen LogP contribution in [0.2, 0.25) is 0 Å². The van der Waals surface area contributed by atoms with E-state index in [2.05, 4.69) is 20.5 Å². The van der Waals surface area contributed by atoms with Crippen molar-refractivity contribution >= 4 is 29.5 Å². The molecule has 1 aliphatic heterocycles. The number of hydrogen-bond acceptors (Lipinski definition) is 8. The van der Waals surface area contributed by atoms with Crippen molar-refractivity contribution in [1.82, 2.24) is 15.6 Å². The van der Waals surface area contributed by atoms with E-state index in [1.165, 1.54) is 26.2 Å². The van der Waals surface area contributed by atoms with Gasteiger partial charge in [0, 0.05) is 49.6 Å². The molecule has 1 aromatic carbocycles. The van der Waals surface area contributed by atoms with Gasteiger partial charge < -0.3 is 25.0 Å². The molecule has 2 amide bonds. The Morgan fingerprint density at radius 3 is 2.56 bits per heavy atom. The minimum Gasteiger partial charge on any atom is -0.491 e. The van der Waals surface area contributed by atoms with Gasteiger partial charge in [-0.2, -0.15) is 5.26 Å². The number of ether oxygens (including phenoxy) is 2. The molecule has 0 radical (unpaired) electrons. The van der Waals surface area contributed by atoms with Gasteiger partial charge in [0.1, 0.15) is 18.1 Å². The zero-order valence-electron chi connectivity index (χ0n) is 20.3. The van der Waals surface area contributed by atoms with Crippen LogP contribution in [0.25, 0.3) is 6.08 Å². The molecule has 1 aliphatic rings. The van der Waals surface area contributed by atoms with Crippen molar-refractivity contribution in [3.05, 3.63) is 59.5 Å². The van der Waals surface area contributed by atoms with Crippen LogP contribution in [0.1, 0.15) is 30.9 Å². The number of carbonyl (C=O) groups excluding carboxylic acids is 3. The third-order valence-electron chi connectivity index (χ3n) is 5.71. The second-order valence-corrected chi connectivity index (χ2v) is 8.20. The van der Waals surface area contributed by atoms with Crippen LogP contribution < -0.4 is 20.3 Å². The SMILES string of the molecule is COC(=O)C(=Cc1ccc(C#N)cc1OCCNC(=O)C1CCN(c2ccncc2)CC1)NC(C)=O. The van der Waals surface area contributed by atoms with Gasteiger partial charge in [-0.25, -0.2) is 4.79 Å². The van der Waals surface area contributed by atoms with Crippen molar-refractivity contribution < 1.29 is 23.9 Å². The van der Waals surface area contributed by atoms with E-state index >= 15 is 0 Å². The number of pyridine rings is 1. The summed E-state index contributed by atoms with van der Waals surface area (Å²) in [5, 5.41) is 14.6. The van der Waals surface area contributed by atoms with Gasteiger partial charge in [-0.1, -0.05) is 0 Å². The monoisotopic (exact) mass is 491 g/mol. The lowest BCUT2D eigenvalue weighted by molar-refractivity contribution is -0.137. The number of esters is 1. The third-order valence-corrected chi connectivity index (χ3v) is 5.71. The Morgan fingerprint density at radius 2 is 1.92 bits per heavy atom. The second kappa shape index (κ2) is 12.9. The molecule has 2 N–H and O–H groups in total. The van der Waals surface area contributed by atoms with E-state index < -0.39 is 11.9 Å². The molecule has 0 unspecified atom stereocenters. The molecule has 0 bridgehead atoms. The van der Waals surface area contributed by atoms with Crippen molar-refractivity contribution in [2.24, 2.45) is 5.92 Å². The molecule has 0 saturated carbocycles. The van der Waals surface area contributed by atoms with Crippen molar-refractivity contribution in [2.75, 3.05) is 38.3 Å². The summed E-state index contributed by atoms with van der Waals surface area (Å²) in [5.74, 6) is -0.901. The predicted octanol–water partition coefficient (Wildman–Crippen LogP) is 2.01. The Hall–Kier alpha value is -4.39. The quantitative estimate of drug-likeness (QED) is 0.309. The molecule has 1 fully saturated rings. The fraction of sp³-hybridized carbons (Fsp3) is 0.346. The van der Waals surface area contributed by atoms with E-state index in [0.29, 0.717) is 16.9 Å². The summed E-state index contributed by atoms with van der Waals surface area (Å²) in [4.78, 5) is 42.4. The third kappa shape index (κ3) is 7.30. The van der Waals surface area contributed by atoms with Gasteiger partial charge in [-0.15, -0.1) is 0 Å². The van der Waals surface area contributed by atoms with Gasteiger partial charge in [0.25, 0.3) is 0 Å². The number of amides is 2. The first-order chi connectivity index (χ1) is 17.4. The molecule has 2 heterocycles. The second-order valence-electron chi connectivity index (χ2n) is 8.20. The standard InChI is InChI=1S/C26H29N5O5/c1-18(32)30-23(26(34)35-2)16-21-4-3-19(17-27)15-24(21)36-14-11-29-25(33)20-7-12-31(13-8-20)22-5-9-28-10-6-22/h3-6,9-10,15-16,20H,7-8,11-14H2,1-2H3,(H,29,33)(H,30,32). The van der Waals surface area contributed by atoms with Gasteiger partial charge in [0.2, 0.25) is 11.8 Å². The normalized spacial score (nSPS) is 13.9. The summed E-state index contributed by atoms with van der Waals surface area (Å²) in [6, 6.07) is 10.7. The molecule has 1 saturated heterocycles. The van der Waals surface area contributed by atoms with Gasteiger partial charge in [0.15, 0.2) is 0 Å². The fourth-order valence-electron chi connectivity index (χ4n) is 3.88. The number of nitrogens with zero attached hydrogens (tertiary/aromatic N) is 3. The Balaban J connectivity index is 1.56. The highest BCUT2D eigenvalue weighted by Crippen LogP contribution is 2.24. The molecule has 188 valence electrons. The molecular weight excluding hydrogens is 462 g/mol. The molecule has 10 heteroatoms. The van der Waals surface area contributed by atoms with Gasteiger partial charge in [0.05, 0.1) is 25.3 Å². The van der Waals surface area contributed by atoms with Crippen molar-refractivity contribution in [3.8, 4) is 11.8 Å². The van der Waals surface area contributed by atoms with Crippen LogP contribution in [-0.4, -0.2) is 56.1 Å². The van der Waals surface area contributed by atoms with E-state index in [0.717, 1.165) is 31.6 Å². The average molecular weight is 492 g/mol. The Labute approximate surface area is 209 Å². The number of anilines is 1. The van der Waals surface area contributed by atoms with Crippen LogP contribution in [0.4, 0.5) is 5.69 Å². The molecule has 3 rings (SSSR count). The molecule has 0 aliphatic carbocycles. The van der Waals surface area contributed by atoms with Crippen LogP contribution in [0.3, 0.4) is 0 Å². The van der Waals surface area contributed by atoms with Crippen LogP contribution >= 0.6 is 0 Å². The smallest absolute Gasteiger partial charge is 0.354 e. The number of nitrogens with one attached hydrogen (secondary N) is 2. The summed E-state index contributed by atoms with van der Waals surface area (Å²) in [6.45, 7) is 3.31. The first-order valence-electron chi connectivity index (χ1n) is 11.6. The highest BCUT2D eigenvalue weighted by molar-refractivity contribution is 5.97. The lowest BCUT2D eigenvalue weighted by Crippen LogP contribution is -2.41. The topological polar surface area (TPSA) is 134 Å². The largest absolute Gasteiger partial charge is 0.491 e. The van der Waals surface area contributed by atoms with E-state index in [1.807, 2.05) is 18.2 Å². The molecule has 10 nitrogen and oxygen atoms in total. The minimum atomic E-state index is -0.720.